The second kappa shape index (κ2) is 6.38. The van der Waals surface area contributed by atoms with Crippen LogP contribution in [-0.2, 0) is 0 Å². The summed E-state index contributed by atoms with van der Waals surface area (Å²) in [6.07, 6.45) is 0. The fraction of sp³-hybridized carbons (Fsp3) is 0.417. The van der Waals surface area contributed by atoms with Gasteiger partial charge in [0.1, 0.15) is 18.2 Å². The van der Waals surface area contributed by atoms with Gasteiger partial charge in [0, 0.05) is 0 Å². The van der Waals surface area contributed by atoms with Crippen LogP contribution in [0.2, 0.25) is 0 Å². The standard InChI is InChI=1S/C12H18N2O.ClH/c1-8(2)10-5-4-9(3)6-11(10)15-7-12(13)14;/h4-6,8H,7H2,1-3H3,(H3,13,14);1H. The first-order chi connectivity index (χ1) is 7.00. The molecular formula is C12H19ClN2O. The Morgan fingerprint density at radius 2 is 2.06 bits per heavy atom. The number of benzene rings is 1. The lowest BCUT2D eigenvalue weighted by Crippen LogP contribution is -2.19. The number of hydrogen-bond acceptors (Lipinski definition) is 2. The second-order valence-electron chi connectivity index (χ2n) is 4.01. The lowest BCUT2D eigenvalue weighted by atomic mass is 10.0. The Kier molecular flexibility index (Phi) is 5.89. The van der Waals surface area contributed by atoms with Crippen LogP contribution in [0, 0.1) is 12.3 Å². The summed E-state index contributed by atoms with van der Waals surface area (Å²) in [4.78, 5) is 0. The second-order valence-corrected chi connectivity index (χ2v) is 4.01. The maximum Gasteiger partial charge on any atom is 0.145 e. The van der Waals surface area contributed by atoms with Crippen LogP contribution in [0.15, 0.2) is 18.2 Å². The minimum atomic E-state index is 0. The first-order valence-electron chi connectivity index (χ1n) is 5.07. The van der Waals surface area contributed by atoms with Gasteiger partial charge >= 0.3 is 0 Å². The molecule has 0 aliphatic carbocycles. The molecular weight excluding hydrogens is 224 g/mol. The third-order valence-corrected chi connectivity index (χ3v) is 2.17. The molecule has 0 fully saturated rings. The van der Waals surface area contributed by atoms with Gasteiger partial charge in [-0.1, -0.05) is 26.0 Å². The van der Waals surface area contributed by atoms with E-state index in [2.05, 4.69) is 26.0 Å². The smallest absolute Gasteiger partial charge is 0.145 e. The first-order valence-corrected chi connectivity index (χ1v) is 5.07. The molecule has 0 spiro atoms. The summed E-state index contributed by atoms with van der Waals surface area (Å²) < 4.78 is 5.49. The molecule has 3 N–H and O–H groups in total. The number of amidine groups is 1. The van der Waals surface area contributed by atoms with Crippen molar-refractivity contribution in [3.63, 3.8) is 0 Å². The molecule has 0 saturated heterocycles. The largest absolute Gasteiger partial charge is 0.485 e. The fourth-order valence-electron chi connectivity index (χ4n) is 1.40. The van der Waals surface area contributed by atoms with Crippen molar-refractivity contribution in [3.8, 4) is 5.75 Å². The number of aryl methyl sites for hydroxylation is 1. The van der Waals surface area contributed by atoms with E-state index in [0.29, 0.717) is 5.92 Å². The summed E-state index contributed by atoms with van der Waals surface area (Å²) in [7, 11) is 0. The molecule has 0 aliphatic rings. The Morgan fingerprint density at radius 1 is 1.44 bits per heavy atom. The van der Waals surface area contributed by atoms with Crippen LogP contribution in [0.25, 0.3) is 0 Å². The lowest BCUT2D eigenvalue weighted by molar-refractivity contribution is 0.368. The van der Waals surface area contributed by atoms with E-state index in [1.807, 2.05) is 13.0 Å². The van der Waals surface area contributed by atoms with Gasteiger partial charge in [0.25, 0.3) is 0 Å². The summed E-state index contributed by atoms with van der Waals surface area (Å²) in [5, 5.41) is 7.13. The van der Waals surface area contributed by atoms with Crippen LogP contribution < -0.4 is 10.5 Å². The lowest BCUT2D eigenvalue weighted by Gasteiger charge is -2.14. The van der Waals surface area contributed by atoms with Crippen molar-refractivity contribution < 1.29 is 4.74 Å². The third kappa shape index (κ3) is 4.11. The number of ether oxygens (including phenoxy) is 1. The highest BCUT2D eigenvalue weighted by Crippen LogP contribution is 2.27. The summed E-state index contributed by atoms with van der Waals surface area (Å²) in [5.41, 5.74) is 7.57. The SMILES string of the molecule is Cc1ccc(C(C)C)c(OCC(=N)N)c1.Cl. The molecule has 0 heterocycles. The van der Waals surface area contributed by atoms with Crippen molar-refractivity contribution >= 4 is 18.2 Å². The van der Waals surface area contributed by atoms with E-state index in [-0.39, 0.29) is 24.8 Å². The summed E-state index contributed by atoms with van der Waals surface area (Å²) in [6.45, 7) is 6.41. The number of rotatable bonds is 4. The van der Waals surface area contributed by atoms with Gasteiger partial charge in [-0.25, -0.2) is 0 Å². The van der Waals surface area contributed by atoms with E-state index in [1.165, 1.54) is 0 Å². The summed E-state index contributed by atoms with van der Waals surface area (Å²) >= 11 is 0. The topological polar surface area (TPSA) is 59.1 Å². The summed E-state index contributed by atoms with van der Waals surface area (Å²) in [6, 6.07) is 6.11. The zero-order valence-electron chi connectivity index (χ0n) is 9.91. The van der Waals surface area contributed by atoms with E-state index >= 15 is 0 Å². The molecule has 0 aromatic heterocycles. The quantitative estimate of drug-likeness (QED) is 0.630. The van der Waals surface area contributed by atoms with Gasteiger partial charge in [0.2, 0.25) is 0 Å². The minimum absolute atomic E-state index is 0. The van der Waals surface area contributed by atoms with Crippen molar-refractivity contribution in [2.75, 3.05) is 6.61 Å². The van der Waals surface area contributed by atoms with Gasteiger partial charge in [-0.2, -0.15) is 0 Å². The molecule has 0 aliphatic heterocycles. The van der Waals surface area contributed by atoms with Crippen molar-refractivity contribution in [2.24, 2.45) is 5.73 Å². The maximum atomic E-state index is 7.13. The van der Waals surface area contributed by atoms with Gasteiger partial charge in [-0.15, -0.1) is 12.4 Å². The molecule has 4 heteroatoms. The maximum absolute atomic E-state index is 7.13. The van der Waals surface area contributed by atoms with E-state index in [4.69, 9.17) is 15.9 Å². The molecule has 1 rings (SSSR count). The Morgan fingerprint density at radius 3 is 2.56 bits per heavy atom. The predicted molar refractivity (Wildman–Crippen MR) is 69.9 cm³/mol. The molecule has 16 heavy (non-hydrogen) atoms. The molecule has 0 bridgehead atoms. The molecule has 3 nitrogen and oxygen atoms in total. The highest BCUT2D eigenvalue weighted by molar-refractivity contribution is 5.85. The Bertz CT molecular complexity index is 364. The predicted octanol–water partition coefficient (Wildman–Crippen LogP) is 2.85. The molecule has 1 aromatic rings. The van der Waals surface area contributed by atoms with Gasteiger partial charge in [-0.3, -0.25) is 5.41 Å². The zero-order chi connectivity index (χ0) is 11.4. The van der Waals surface area contributed by atoms with Crippen molar-refractivity contribution in [3.05, 3.63) is 29.3 Å². The molecule has 0 atom stereocenters. The van der Waals surface area contributed by atoms with Crippen LogP contribution >= 0.6 is 12.4 Å². The van der Waals surface area contributed by atoms with E-state index < -0.39 is 0 Å². The Hall–Kier alpha value is -1.22. The molecule has 0 unspecified atom stereocenters. The van der Waals surface area contributed by atoms with Crippen molar-refractivity contribution in [2.45, 2.75) is 26.7 Å². The van der Waals surface area contributed by atoms with Crippen LogP contribution in [-0.4, -0.2) is 12.4 Å². The van der Waals surface area contributed by atoms with E-state index in [1.54, 1.807) is 0 Å². The normalized spacial score (nSPS) is 9.75. The molecule has 90 valence electrons. The number of nitrogens with two attached hydrogens (primary N) is 1. The molecule has 0 radical (unpaired) electrons. The summed E-state index contributed by atoms with van der Waals surface area (Å²) in [5.74, 6) is 1.29. The number of hydrogen-bond donors (Lipinski definition) is 2. The number of nitrogens with one attached hydrogen (secondary N) is 1. The highest BCUT2D eigenvalue weighted by atomic mass is 35.5. The van der Waals surface area contributed by atoms with Crippen LogP contribution in [0.4, 0.5) is 0 Å². The monoisotopic (exact) mass is 242 g/mol. The van der Waals surface area contributed by atoms with Crippen LogP contribution in [0.5, 0.6) is 5.75 Å². The third-order valence-electron chi connectivity index (χ3n) is 2.17. The minimum Gasteiger partial charge on any atom is -0.485 e. The fourth-order valence-corrected chi connectivity index (χ4v) is 1.40. The van der Waals surface area contributed by atoms with Gasteiger partial charge < -0.3 is 10.5 Å². The van der Waals surface area contributed by atoms with Crippen molar-refractivity contribution in [1.29, 1.82) is 5.41 Å². The van der Waals surface area contributed by atoms with Crippen LogP contribution in [0.1, 0.15) is 30.9 Å². The molecule has 0 saturated carbocycles. The van der Waals surface area contributed by atoms with E-state index in [0.717, 1.165) is 16.9 Å². The average molecular weight is 243 g/mol. The van der Waals surface area contributed by atoms with Gasteiger partial charge in [0.05, 0.1) is 0 Å². The first kappa shape index (κ1) is 14.8. The number of halogens is 1. The Balaban J connectivity index is 0.00000225. The Labute approximate surface area is 103 Å². The molecule has 0 amide bonds. The van der Waals surface area contributed by atoms with Crippen LogP contribution in [0.3, 0.4) is 0 Å². The van der Waals surface area contributed by atoms with Gasteiger partial charge in [-0.05, 0) is 30.0 Å². The van der Waals surface area contributed by atoms with Crippen molar-refractivity contribution in [1.82, 2.24) is 0 Å². The van der Waals surface area contributed by atoms with Gasteiger partial charge in [0.15, 0.2) is 0 Å². The van der Waals surface area contributed by atoms with E-state index in [9.17, 15) is 0 Å². The molecule has 1 aromatic carbocycles. The zero-order valence-corrected chi connectivity index (χ0v) is 10.7. The highest BCUT2D eigenvalue weighted by Gasteiger charge is 2.08. The average Bonchev–Trinajstić information content (AvgIpc) is 2.14.